The van der Waals surface area contributed by atoms with Crippen molar-refractivity contribution in [2.45, 2.75) is 6.54 Å². The van der Waals surface area contributed by atoms with Gasteiger partial charge in [-0.05, 0) is 11.6 Å². The first-order chi connectivity index (χ1) is 9.83. The fourth-order valence-electron chi connectivity index (χ4n) is 1.64. The Balaban J connectivity index is 0.00000220. The summed E-state index contributed by atoms with van der Waals surface area (Å²) >= 11 is 0. The van der Waals surface area contributed by atoms with E-state index in [4.69, 9.17) is 0 Å². The molecule has 0 aliphatic heterocycles. The zero-order valence-corrected chi connectivity index (χ0v) is 14.2. The summed E-state index contributed by atoms with van der Waals surface area (Å²) in [5, 5.41) is 6.32. The molecule has 0 amide bonds. The summed E-state index contributed by atoms with van der Waals surface area (Å²) in [5.41, 5.74) is 1.08. The summed E-state index contributed by atoms with van der Waals surface area (Å²) < 4.78 is 1.86. The van der Waals surface area contributed by atoms with Crippen LogP contribution in [0.1, 0.15) is 5.56 Å². The van der Waals surface area contributed by atoms with E-state index in [1.807, 2.05) is 29.1 Å². The van der Waals surface area contributed by atoms with Crippen LogP contribution in [0.25, 0.3) is 5.82 Å². The molecule has 2 heterocycles. The summed E-state index contributed by atoms with van der Waals surface area (Å²) in [6.07, 6.45) is 8.94. The fourth-order valence-corrected chi connectivity index (χ4v) is 1.64. The SMILES string of the molecule is C=CCNC(=NC)NCc1ccc(-n2ccnc2)nc1.I. The van der Waals surface area contributed by atoms with E-state index in [-0.39, 0.29) is 24.0 Å². The average molecular weight is 398 g/mol. The molecule has 0 saturated heterocycles. The van der Waals surface area contributed by atoms with Crippen molar-refractivity contribution in [2.24, 2.45) is 4.99 Å². The molecule has 0 radical (unpaired) electrons. The summed E-state index contributed by atoms with van der Waals surface area (Å²) in [6.45, 7) is 5.00. The predicted octanol–water partition coefficient (Wildman–Crippen LogP) is 1.74. The van der Waals surface area contributed by atoms with Crippen LogP contribution in [0, 0.1) is 0 Å². The van der Waals surface area contributed by atoms with Crippen LogP contribution in [0.2, 0.25) is 0 Å². The highest BCUT2D eigenvalue weighted by Crippen LogP contribution is 2.04. The van der Waals surface area contributed by atoms with Crippen molar-refractivity contribution in [1.29, 1.82) is 0 Å². The van der Waals surface area contributed by atoms with Gasteiger partial charge in [0.2, 0.25) is 0 Å². The first-order valence-corrected chi connectivity index (χ1v) is 6.32. The van der Waals surface area contributed by atoms with Crippen LogP contribution < -0.4 is 10.6 Å². The number of pyridine rings is 1. The van der Waals surface area contributed by atoms with E-state index in [0.29, 0.717) is 13.1 Å². The molecule has 21 heavy (non-hydrogen) atoms. The van der Waals surface area contributed by atoms with Gasteiger partial charge in [0.15, 0.2) is 5.96 Å². The molecule has 0 saturated carbocycles. The quantitative estimate of drug-likeness (QED) is 0.349. The lowest BCUT2D eigenvalue weighted by Gasteiger charge is -2.10. The highest BCUT2D eigenvalue weighted by Gasteiger charge is 1.99. The third-order valence-corrected chi connectivity index (χ3v) is 2.68. The molecule has 6 nitrogen and oxygen atoms in total. The van der Waals surface area contributed by atoms with Gasteiger partial charge in [0, 0.05) is 38.7 Å². The molecule has 2 rings (SSSR count). The van der Waals surface area contributed by atoms with Crippen LogP contribution in [0.15, 0.2) is 54.7 Å². The Bertz CT molecular complexity index is 562. The lowest BCUT2D eigenvalue weighted by molar-refractivity contribution is 0.840. The second kappa shape index (κ2) is 9.11. The van der Waals surface area contributed by atoms with Crippen LogP contribution in [0.4, 0.5) is 0 Å². The molecule has 2 N–H and O–H groups in total. The van der Waals surface area contributed by atoms with Gasteiger partial charge < -0.3 is 10.6 Å². The third kappa shape index (κ3) is 5.18. The Morgan fingerprint density at radius 2 is 2.29 bits per heavy atom. The van der Waals surface area contributed by atoms with E-state index in [0.717, 1.165) is 17.3 Å². The van der Waals surface area contributed by atoms with Crippen molar-refractivity contribution in [3.63, 3.8) is 0 Å². The molecule has 2 aromatic heterocycles. The Labute approximate surface area is 141 Å². The lowest BCUT2D eigenvalue weighted by Crippen LogP contribution is -2.36. The Kier molecular flexibility index (Phi) is 7.44. The van der Waals surface area contributed by atoms with E-state index in [1.165, 1.54) is 0 Å². The van der Waals surface area contributed by atoms with Crippen molar-refractivity contribution in [2.75, 3.05) is 13.6 Å². The Morgan fingerprint density at radius 3 is 2.86 bits per heavy atom. The normalized spacial score (nSPS) is 10.6. The zero-order valence-electron chi connectivity index (χ0n) is 11.9. The van der Waals surface area contributed by atoms with Gasteiger partial charge in [0.25, 0.3) is 0 Å². The molecule has 2 aromatic rings. The monoisotopic (exact) mass is 398 g/mol. The number of rotatable bonds is 5. The largest absolute Gasteiger partial charge is 0.353 e. The minimum absolute atomic E-state index is 0. The number of nitrogens with zero attached hydrogens (tertiary/aromatic N) is 4. The standard InChI is InChI=1S/C14H18N6.HI/c1-3-6-17-14(15-2)19-10-12-4-5-13(18-9-12)20-8-7-16-11-20;/h3-5,7-9,11H,1,6,10H2,2H3,(H2,15,17,19);1H. The summed E-state index contributed by atoms with van der Waals surface area (Å²) in [4.78, 5) is 12.5. The molecule has 0 aliphatic rings. The minimum atomic E-state index is 0. The van der Waals surface area contributed by atoms with E-state index < -0.39 is 0 Å². The minimum Gasteiger partial charge on any atom is -0.353 e. The molecule has 0 atom stereocenters. The maximum Gasteiger partial charge on any atom is 0.191 e. The predicted molar refractivity (Wildman–Crippen MR) is 95.2 cm³/mol. The lowest BCUT2D eigenvalue weighted by atomic mass is 10.3. The van der Waals surface area contributed by atoms with E-state index in [2.05, 4.69) is 32.2 Å². The molecule has 0 aromatic carbocycles. The number of imidazole rings is 1. The molecular weight excluding hydrogens is 379 g/mol. The number of aromatic nitrogens is 3. The van der Waals surface area contributed by atoms with Gasteiger partial charge in [-0.25, -0.2) is 9.97 Å². The van der Waals surface area contributed by atoms with Crippen molar-refractivity contribution in [1.82, 2.24) is 25.2 Å². The number of hydrogen-bond acceptors (Lipinski definition) is 3. The molecule has 112 valence electrons. The van der Waals surface area contributed by atoms with E-state index in [9.17, 15) is 0 Å². The topological polar surface area (TPSA) is 67.1 Å². The van der Waals surface area contributed by atoms with Crippen LogP contribution in [-0.2, 0) is 6.54 Å². The first-order valence-electron chi connectivity index (χ1n) is 6.32. The van der Waals surface area contributed by atoms with Crippen molar-refractivity contribution < 1.29 is 0 Å². The van der Waals surface area contributed by atoms with Crippen molar-refractivity contribution in [3.05, 3.63) is 55.3 Å². The van der Waals surface area contributed by atoms with Gasteiger partial charge in [-0.2, -0.15) is 0 Å². The number of halogens is 1. The van der Waals surface area contributed by atoms with Gasteiger partial charge >= 0.3 is 0 Å². The molecule has 0 fully saturated rings. The van der Waals surface area contributed by atoms with Crippen LogP contribution in [-0.4, -0.2) is 34.1 Å². The van der Waals surface area contributed by atoms with Crippen LogP contribution >= 0.6 is 24.0 Å². The van der Waals surface area contributed by atoms with Crippen LogP contribution in [0.3, 0.4) is 0 Å². The van der Waals surface area contributed by atoms with Gasteiger partial charge in [-0.15, -0.1) is 30.6 Å². The number of aliphatic imine (C=N–C) groups is 1. The molecule has 0 spiro atoms. The van der Waals surface area contributed by atoms with Gasteiger partial charge in [0.05, 0.1) is 0 Å². The maximum absolute atomic E-state index is 4.39. The van der Waals surface area contributed by atoms with Crippen molar-refractivity contribution >= 4 is 29.9 Å². The Hall–Kier alpha value is -1.90. The molecule has 0 aliphatic carbocycles. The highest BCUT2D eigenvalue weighted by molar-refractivity contribution is 14.0. The maximum atomic E-state index is 4.39. The Morgan fingerprint density at radius 1 is 1.43 bits per heavy atom. The highest BCUT2D eigenvalue weighted by atomic mass is 127. The van der Waals surface area contributed by atoms with Gasteiger partial charge in [0.1, 0.15) is 12.1 Å². The summed E-state index contributed by atoms with van der Waals surface area (Å²) in [5.74, 6) is 1.59. The molecule has 0 unspecified atom stereocenters. The van der Waals surface area contributed by atoms with E-state index >= 15 is 0 Å². The van der Waals surface area contributed by atoms with Crippen LogP contribution in [0.5, 0.6) is 0 Å². The smallest absolute Gasteiger partial charge is 0.191 e. The second-order valence-electron chi connectivity index (χ2n) is 4.09. The number of guanidine groups is 1. The number of hydrogen-bond donors (Lipinski definition) is 2. The summed E-state index contributed by atoms with van der Waals surface area (Å²) in [7, 11) is 1.73. The third-order valence-electron chi connectivity index (χ3n) is 2.68. The molecular formula is C14H19IN6. The van der Waals surface area contributed by atoms with Gasteiger partial charge in [-0.1, -0.05) is 12.1 Å². The first kappa shape index (κ1) is 17.2. The van der Waals surface area contributed by atoms with Gasteiger partial charge in [-0.3, -0.25) is 9.56 Å². The zero-order chi connectivity index (χ0) is 14.2. The fraction of sp³-hybridized carbons (Fsp3) is 0.214. The average Bonchev–Trinajstić information content (AvgIpc) is 3.02. The molecule has 7 heteroatoms. The summed E-state index contributed by atoms with van der Waals surface area (Å²) in [6, 6.07) is 3.98. The number of nitrogens with one attached hydrogen (secondary N) is 2. The second-order valence-corrected chi connectivity index (χ2v) is 4.09. The van der Waals surface area contributed by atoms with Crippen molar-refractivity contribution in [3.8, 4) is 5.82 Å². The van der Waals surface area contributed by atoms with E-state index in [1.54, 1.807) is 25.6 Å². The molecule has 0 bridgehead atoms.